The van der Waals surface area contributed by atoms with Crippen LogP contribution in [0.3, 0.4) is 0 Å². The topological polar surface area (TPSA) is 84.5 Å². The Morgan fingerprint density at radius 1 is 1.18 bits per heavy atom. The number of ether oxygens (including phenoxy) is 3. The largest absolute Gasteiger partial charge is 0.495 e. The summed E-state index contributed by atoms with van der Waals surface area (Å²) in [5, 5.41) is 3.77. The van der Waals surface area contributed by atoms with Crippen molar-refractivity contribution in [3.05, 3.63) is 36.0 Å². The van der Waals surface area contributed by atoms with Crippen molar-refractivity contribution in [2.75, 3.05) is 45.3 Å². The third kappa shape index (κ3) is 4.30. The van der Waals surface area contributed by atoms with Crippen LogP contribution in [0, 0.1) is 0 Å². The van der Waals surface area contributed by atoms with Gasteiger partial charge in [-0.25, -0.2) is 0 Å². The molecule has 3 aromatic rings. The molecule has 178 valence electrons. The van der Waals surface area contributed by atoms with Crippen molar-refractivity contribution in [2.45, 2.75) is 25.6 Å². The summed E-state index contributed by atoms with van der Waals surface area (Å²) in [6.07, 6.45) is -2.77. The summed E-state index contributed by atoms with van der Waals surface area (Å²) in [6.45, 7) is 4.34. The van der Waals surface area contributed by atoms with E-state index in [9.17, 15) is 13.2 Å². The summed E-state index contributed by atoms with van der Waals surface area (Å²) in [7, 11) is 1.41. The highest BCUT2D eigenvalue weighted by Crippen LogP contribution is 2.46. The molecule has 4 rings (SSSR count). The monoisotopic (exact) mass is 465 g/mol. The summed E-state index contributed by atoms with van der Waals surface area (Å²) in [5.74, 6) is 0.870. The summed E-state index contributed by atoms with van der Waals surface area (Å²) in [4.78, 5) is 13.2. The molecular formula is C22H26F3N5O3. The summed E-state index contributed by atoms with van der Waals surface area (Å²) >= 11 is 0. The third-order valence-electron chi connectivity index (χ3n) is 5.87. The summed E-state index contributed by atoms with van der Waals surface area (Å²) < 4.78 is 59.2. The zero-order chi connectivity index (χ0) is 23.6. The van der Waals surface area contributed by atoms with Gasteiger partial charge in [0.25, 0.3) is 0 Å². The van der Waals surface area contributed by atoms with E-state index in [0.29, 0.717) is 23.8 Å². The summed E-state index contributed by atoms with van der Waals surface area (Å²) in [6, 6.07) is 6.21. The average Bonchev–Trinajstić information content (AvgIpc) is 3.28. The Labute approximate surface area is 189 Å². The molecule has 0 aliphatic carbocycles. The number of hydrogen-bond acceptors (Lipinski definition) is 7. The van der Waals surface area contributed by atoms with Crippen molar-refractivity contribution in [3.8, 4) is 11.6 Å². The first-order chi connectivity index (χ1) is 15.8. The third-order valence-corrected chi connectivity index (χ3v) is 5.87. The lowest BCUT2D eigenvalue weighted by Crippen LogP contribution is -2.57. The van der Waals surface area contributed by atoms with Crippen LogP contribution in [0.4, 0.5) is 24.8 Å². The van der Waals surface area contributed by atoms with E-state index in [1.54, 1.807) is 12.3 Å². The normalized spacial score (nSPS) is 17.0. The average molecular weight is 465 g/mol. The van der Waals surface area contributed by atoms with Gasteiger partial charge in [-0.3, -0.25) is 4.90 Å². The molecule has 1 aromatic carbocycles. The molecule has 1 aliphatic rings. The molecule has 8 nitrogen and oxygen atoms in total. The van der Waals surface area contributed by atoms with Crippen molar-refractivity contribution in [2.24, 2.45) is 0 Å². The van der Waals surface area contributed by atoms with Gasteiger partial charge in [0.2, 0.25) is 11.8 Å². The van der Waals surface area contributed by atoms with Crippen LogP contribution in [-0.4, -0.2) is 66.0 Å². The molecule has 2 aromatic heterocycles. The molecule has 1 fully saturated rings. The Hall–Kier alpha value is -3.05. The van der Waals surface area contributed by atoms with Gasteiger partial charge >= 0.3 is 6.18 Å². The van der Waals surface area contributed by atoms with Crippen LogP contribution >= 0.6 is 0 Å². The minimum absolute atomic E-state index is 0.0787. The molecule has 1 unspecified atom stereocenters. The van der Waals surface area contributed by atoms with Gasteiger partial charge in [0, 0.05) is 19.3 Å². The fraction of sp³-hybridized carbons (Fsp3) is 0.455. The number of halogens is 3. The first-order valence-corrected chi connectivity index (χ1v) is 10.6. The Morgan fingerprint density at radius 3 is 2.61 bits per heavy atom. The second-order valence-corrected chi connectivity index (χ2v) is 7.73. The number of aromatic nitrogens is 3. The van der Waals surface area contributed by atoms with Gasteiger partial charge in [-0.15, -0.1) is 0 Å². The van der Waals surface area contributed by atoms with Crippen LogP contribution in [0.15, 0.2) is 30.5 Å². The maximum atomic E-state index is 14.3. The number of fused-ring (bicyclic) bond motifs is 1. The molecule has 2 N–H and O–H groups in total. The van der Waals surface area contributed by atoms with E-state index in [4.69, 9.17) is 14.2 Å². The van der Waals surface area contributed by atoms with Gasteiger partial charge in [0.05, 0.1) is 38.0 Å². The second kappa shape index (κ2) is 9.06. The number of alkyl halides is 3. The molecule has 1 atom stereocenters. The number of aromatic amines is 1. The molecule has 0 amide bonds. The highest BCUT2D eigenvalue weighted by atomic mass is 19.4. The number of morpholine rings is 1. The van der Waals surface area contributed by atoms with E-state index in [0.717, 1.165) is 5.39 Å². The van der Waals surface area contributed by atoms with Crippen LogP contribution in [0.2, 0.25) is 0 Å². The van der Waals surface area contributed by atoms with E-state index < -0.39 is 11.7 Å². The molecule has 1 saturated heterocycles. The Balaban J connectivity index is 1.70. The molecule has 0 bridgehead atoms. The lowest BCUT2D eigenvalue weighted by atomic mass is 9.88. The molecule has 0 spiro atoms. The second-order valence-electron chi connectivity index (χ2n) is 7.73. The van der Waals surface area contributed by atoms with Gasteiger partial charge in [-0.1, -0.05) is 6.07 Å². The molecule has 0 saturated carbocycles. The van der Waals surface area contributed by atoms with Crippen molar-refractivity contribution in [1.82, 2.24) is 19.9 Å². The Morgan fingerprint density at radius 2 is 1.94 bits per heavy atom. The maximum absolute atomic E-state index is 14.3. The quantitative estimate of drug-likeness (QED) is 0.541. The standard InChI is InChI=1S/C22H26F3N5O3/c1-4-33-19-15-7-8-26-18(15)28-20(29-19)27-16-6-5-14(13-17(16)31-3)21(2,22(23,24)25)30-9-11-32-12-10-30/h5-8,13H,4,9-12H2,1-3H3,(H2,26,27,28,29). The van der Waals surface area contributed by atoms with Crippen molar-refractivity contribution in [1.29, 1.82) is 0 Å². The van der Waals surface area contributed by atoms with E-state index in [1.807, 2.05) is 13.0 Å². The van der Waals surface area contributed by atoms with Crippen LogP contribution in [0.25, 0.3) is 11.0 Å². The zero-order valence-corrected chi connectivity index (χ0v) is 18.6. The molecule has 33 heavy (non-hydrogen) atoms. The highest BCUT2D eigenvalue weighted by molar-refractivity contribution is 5.82. The number of anilines is 2. The van der Waals surface area contributed by atoms with Crippen LogP contribution in [-0.2, 0) is 10.3 Å². The van der Waals surface area contributed by atoms with Crippen molar-refractivity contribution >= 4 is 22.7 Å². The van der Waals surface area contributed by atoms with Gasteiger partial charge in [0.1, 0.15) is 16.9 Å². The number of nitrogens with one attached hydrogen (secondary N) is 2. The van der Waals surface area contributed by atoms with Crippen molar-refractivity contribution in [3.63, 3.8) is 0 Å². The maximum Gasteiger partial charge on any atom is 0.410 e. The molecular weight excluding hydrogens is 439 g/mol. The number of rotatable bonds is 7. The number of methoxy groups -OCH3 is 1. The predicted octanol–water partition coefficient (Wildman–Crippen LogP) is 4.22. The minimum atomic E-state index is -4.50. The Bertz CT molecular complexity index is 1110. The van der Waals surface area contributed by atoms with Crippen LogP contribution in [0.5, 0.6) is 11.6 Å². The number of H-pyrrole nitrogens is 1. The van der Waals surface area contributed by atoms with E-state index in [1.165, 1.54) is 31.1 Å². The SMILES string of the molecule is CCOc1nc(Nc2ccc(C(C)(N3CCOCC3)C(F)(F)F)cc2OC)nc2[nH]ccc12. The summed E-state index contributed by atoms with van der Waals surface area (Å²) in [5.41, 5.74) is -1.11. The van der Waals surface area contributed by atoms with Crippen molar-refractivity contribution < 1.29 is 27.4 Å². The van der Waals surface area contributed by atoms with Gasteiger partial charge in [-0.2, -0.15) is 23.1 Å². The predicted molar refractivity (Wildman–Crippen MR) is 117 cm³/mol. The van der Waals surface area contributed by atoms with Crippen LogP contribution < -0.4 is 14.8 Å². The number of nitrogens with zero attached hydrogens (tertiary/aromatic N) is 3. The lowest BCUT2D eigenvalue weighted by molar-refractivity contribution is -0.240. The first kappa shape index (κ1) is 23.1. The fourth-order valence-corrected chi connectivity index (χ4v) is 3.97. The van der Waals surface area contributed by atoms with Gasteiger partial charge in [-0.05, 0) is 37.6 Å². The van der Waals surface area contributed by atoms with E-state index in [2.05, 4.69) is 20.3 Å². The van der Waals surface area contributed by atoms with E-state index >= 15 is 0 Å². The minimum Gasteiger partial charge on any atom is -0.495 e. The highest BCUT2D eigenvalue weighted by Gasteiger charge is 2.56. The molecule has 0 radical (unpaired) electrons. The number of hydrogen-bond donors (Lipinski definition) is 2. The smallest absolute Gasteiger partial charge is 0.410 e. The first-order valence-electron chi connectivity index (χ1n) is 10.6. The lowest BCUT2D eigenvalue weighted by Gasteiger charge is -2.44. The molecule has 1 aliphatic heterocycles. The van der Waals surface area contributed by atoms with Gasteiger partial charge in [0.15, 0.2) is 0 Å². The fourth-order valence-electron chi connectivity index (χ4n) is 3.97. The van der Waals surface area contributed by atoms with Gasteiger partial charge < -0.3 is 24.5 Å². The molecule has 3 heterocycles. The van der Waals surface area contributed by atoms with E-state index in [-0.39, 0.29) is 43.6 Å². The molecule has 11 heteroatoms. The van der Waals surface area contributed by atoms with Crippen LogP contribution in [0.1, 0.15) is 19.4 Å². The Kier molecular flexibility index (Phi) is 6.35. The number of benzene rings is 1. The zero-order valence-electron chi connectivity index (χ0n) is 18.6.